The highest BCUT2D eigenvalue weighted by atomic mass is 32.1. The van der Waals surface area contributed by atoms with E-state index in [1.807, 2.05) is 6.92 Å². The molecule has 12 heavy (non-hydrogen) atoms. The van der Waals surface area contributed by atoms with Gasteiger partial charge in [-0.15, -0.1) is 10.2 Å². The Morgan fingerprint density at radius 2 is 2.33 bits per heavy atom. The molecule has 0 atom stereocenters. The van der Waals surface area contributed by atoms with E-state index in [0.29, 0.717) is 5.13 Å². The van der Waals surface area contributed by atoms with Gasteiger partial charge in [0, 0.05) is 7.05 Å². The second-order valence-electron chi connectivity index (χ2n) is 2.15. The van der Waals surface area contributed by atoms with Gasteiger partial charge in [-0.05, 0) is 6.92 Å². The van der Waals surface area contributed by atoms with Crippen LogP contribution in [0.2, 0.25) is 0 Å². The number of amides is 1. The highest BCUT2D eigenvalue weighted by Crippen LogP contribution is 2.12. The van der Waals surface area contributed by atoms with Crippen LogP contribution in [0.1, 0.15) is 5.01 Å². The zero-order valence-corrected chi connectivity index (χ0v) is 7.73. The molecule has 0 radical (unpaired) electrons. The van der Waals surface area contributed by atoms with Crippen LogP contribution in [-0.2, 0) is 4.79 Å². The van der Waals surface area contributed by atoms with Gasteiger partial charge in [0.1, 0.15) is 5.01 Å². The first-order chi connectivity index (χ1) is 5.72. The van der Waals surface area contributed by atoms with E-state index in [1.54, 1.807) is 7.05 Å². The average molecular weight is 186 g/mol. The summed E-state index contributed by atoms with van der Waals surface area (Å²) >= 11 is 1.43. The lowest BCUT2D eigenvalue weighted by Gasteiger charge is -1.98. The molecule has 2 N–H and O–H groups in total. The molecule has 1 heterocycles. The van der Waals surface area contributed by atoms with Gasteiger partial charge in [0.05, 0.1) is 6.54 Å². The molecule has 5 nitrogen and oxygen atoms in total. The van der Waals surface area contributed by atoms with Gasteiger partial charge in [-0.25, -0.2) is 0 Å². The molecule has 0 aliphatic heterocycles. The molecule has 0 saturated carbocycles. The molecule has 0 aromatic carbocycles. The third-order valence-electron chi connectivity index (χ3n) is 1.21. The molecule has 1 amide bonds. The van der Waals surface area contributed by atoms with Gasteiger partial charge in [-0.1, -0.05) is 11.3 Å². The highest BCUT2D eigenvalue weighted by Gasteiger charge is 2.01. The fourth-order valence-corrected chi connectivity index (χ4v) is 1.20. The van der Waals surface area contributed by atoms with Crippen molar-refractivity contribution in [2.24, 2.45) is 0 Å². The van der Waals surface area contributed by atoms with E-state index in [4.69, 9.17) is 0 Å². The Labute approximate surface area is 74.2 Å². The van der Waals surface area contributed by atoms with Crippen LogP contribution >= 0.6 is 11.3 Å². The van der Waals surface area contributed by atoms with Gasteiger partial charge in [0.15, 0.2) is 0 Å². The molecule has 66 valence electrons. The molecule has 1 aromatic heterocycles. The summed E-state index contributed by atoms with van der Waals surface area (Å²) in [6, 6.07) is 0. The summed E-state index contributed by atoms with van der Waals surface area (Å²) in [5.74, 6) is -0.0668. The SMILES string of the molecule is CNC(=O)CNc1nnc(C)s1. The van der Waals surface area contributed by atoms with E-state index in [9.17, 15) is 4.79 Å². The van der Waals surface area contributed by atoms with Crippen molar-refractivity contribution >= 4 is 22.4 Å². The van der Waals surface area contributed by atoms with Gasteiger partial charge >= 0.3 is 0 Å². The quantitative estimate of drug-likeness (QED) is 0.697. The minimum absolute atomic E-state index is 0.0668. The third kappa shape index (κ3) is 2.46. The van der Waals surface area contributed by atoms with Crippen molar-refractivity contribution in [3.8, 4) is 0 Å². The van der Waals surface area contributed by atoms with E-state index in [2.05, 4.69) is 20.8 Å². The van der Waals surface area contributed by atoms with Crippen molar-refractivity contribution in [2.75, 3.05) is 18.9 Å². The Balaban J connectivity index is 2.38. The van der Waals surface area contributed by atoms with Crippen molar-refractivity contribution in [1.82, 2.24) is 15.5 Å². The van der Waals surface area contributed by atoms with Crippen LogP contribution in [0.25, 0.3) is 0 Å². The van der Waals surface area contributed by atoms with Crippen molar-refractivity contribution < 1.29 is 4.79 Å². The zero-order valence-electron chi connectivity index (χ0n) is 6.92. The molecule has 0 aliphatic carbocycles. The van der Waals surface area contributed by atoms with Crippen LogP contribution in [0.4, 0.5) is 5.13 Å². The first-order valence-electron chi connectivity index (χ1n) is 3.47. The molecule has 0 aliphatic rings. The topological polar surface area (TPSA) is 66.9 Å². The highest BCUT2D eigenvalue weighted by molar-refractivity contribution is 7.15. The zero-order chi connectivity index (χ0) is 8.97. The second kappa shape index (κ2) is 4.01. The molecular formula is C6H10N4OS. The number of hydrogen-bond acceptors (Lipinski definition) is 5. The number of aryl methyl sites for hydroxylation is 1. The molecule has 0 spiro atoms. The Hall–Kier alpha value is -1.17. The van der Waals surface area contributed by atoms with Gasteiger partial charge in [-0.3, -0.25) is 4.79 Å². The Morgan fingerprint density at radius 1 is 1.58 bits per heavy atom. The Morgan fingerprint density at radius 3 is 2.83 bits per heavy atom. The molecule has 0 fully saturated rings. The maximum Gasteiger partial charge on any atom is 0.239 e. The number of nitrogens with one attached hydrogen (secondary N) is 2. The summed E-state index contributed by atoms with van der Waals surface area (Å²) in [5.41, 5.74) is 0. The Bertz CT molecular complexity index is 272. The summed E-state index contributed by atoms with van der Waals surface area (Å²) in [5, 5.41) is 14.5. The van der Waals surface area contributed by atoms with Crippen LogP contribution in [-0.4, -0.2) is 29.7 Å². The predicted octanol–water partition coefficient (Wildman–Crippen LogP) is 0.00442. The van der Waals surface area contributed by atoms with Crippen molar-refractivity contribution in [2.45, 2.75) is 6.92 Å². The maximum atomic E-state index is 10.8. The summed E-state index contributed by atoms with van der Waals surface area (Å²) in [6.07, 6.45) is 0. The largest absolute Gasteiger partial charge is 0.358 e. The molecule has 1 rings (SSSR count). The molecule has 0 saturated heterocycles. The molecule has 0 bridgehead atoms. The van der Waals surface area contributed by atoms with E-state index in [1.165, 1.54) is 11.3 Å². The molecule has 0 unspecified atom stereocenters. The minimum Gasteiger partial charge on any atom is -0.358 e. The number of anilines is 1. The van der Waals surface area contributed by atoms with Crippen LogP contribution in [0.3, 0.4) is 0 Å². The number of aromatic nitrogens is 2. The number of likely N-dealkylation sites (N-methyl/N-ethyl adjacent to an activating group) is 1. The maximum absolute atomic E-state index is 10.8. The second-order valence-corrected chi connectivity index (χ2v) is 3.33. The predicted molar refractivity (Wildman–Crippen MR) is 47.2 cm³/mol. The number of carbonyl (C=O) groups excluding carboxylic acids is 1. The normalized spacial score (nSPS) is 9.50. The lowest BCUT2D eigenvalue weighted by molar-refractivity contribution is -0.118. The average Bonchev–Trinajstić information content (AvgIpc) is 2.47. The fraction of sp³-hybridized carbons (Fsp3) is 0.500. The lowest BCUT2D eigenvalue weighted by Crippen LogP contribution is -2.26. The van der Waals surface area contributed by atoms with Crippen LogP contribution < -0.4 is 10.6 Å². The van der Waals surface area contributed by atoms with Gasteiger partial charge in [0.2, 0.25) is 11.0 Å². The Kier molecular flexibility index (Phi) is 2.98. The van der Waals surface area contributed by atoms with Gasteiger partial charge in [0.25, 0.3) is 0 Å². The van der Waals surface area contributed by atoms with E-state index < -0.39 is 0 Å². The molecule has 1 aromatic rings. The number of rotatable bonds is 3. The van der Waals surface area contributed by atoms with E-state index in [0.717, 1.165) is 5.01 Å². The number of hydrogen-bond donors (Lipinski definition) is 2. The summed E-state index contributed by atoms with van der Waals surface area (Å²) in [4.78, 5) is 10.8. The minimum atomic E-state index is -0.0668. The first-order valence-corrected chi connectivity index (χ1v) is 4.28. The standard InChI is InChI=1S/C6H10N4OS/c1-4-9-10-6(12-4)8-3-5(11)7-2/h3H2,1-2H3,(H,7,11)(H,8,10). The number of nitrogens with zero attached hydrogens (tertiary/aromatic N) is 2. The summed E-state index contributed by atoms with van der Waals surface area (Å²) in [6.45, 7) is 2.11. The third-order valence-corrected chi connectivity index (χ3v) is 2.00. The van der Waals surface area contributed by atoms with Crippen molar-refractivity contribution in [3.05, 3.63) is 5.01 Å². The summed E-state index contributed by atoms with van der Waals surface area (Å²) in [7, 11) is 1.59. The van der Waals surface area contributed by atoms with Crippen LogP contribution in [0.5, 0.6) is 0 Å². The van der Waals surface area contributed by atoms with Crippen LogP contribution in [0.15, 0.2) is 0 Å². The van der Waals surface area contributed by atoms with Crippen LogP contribution in [0, 0.1) is 6.92 Å². The lowest BCUT2D eigenvalue weighted by atomic mass is 10.6. The van der Waals surface area contributed by atoms with Crippen molar-refractivity contribution in [3.63, 3.8) is 0 Å². The molecule has 6 heteroatoms. The van der Waals surface area contributed by atoms with Gasteiger partial charge < -0.3 is 10.6 Å². The number of carbonyl (C=O) groups is 1. The van der Waals surface area contributed by atoms with Gasteiger partial charge in [-0.2, -0.15) is 0 Å². The van der Waals surface area contributed by atoms with E-state index in [-0.39, 0.29) is 12.5 Å². The van der Waals surface area contributed by atoms with Crippen molar-refractivity contribution in [1.29, 1.82) is 0 Å². The molecular weight excluding hydrogens is 176 g/mol. The summed E-state index contributed by atoms with van der Waals surface area (Å²) < 4.78 is 0. The van der Waals surface area contributed by atoms with E-state index >= 15 is 0 Å². The fourth-order valence-electron chi connectivity index (χ4n) is 0.612. The smallest absolute Gasteiger partial charge is 0.239 e. The first kappa shape index (κ1) is 8.92. The monoisotopic (exact) mass is 186 g/mol.